The Labute approximate surface area is 406 Å². The highest BCUT2D eigenvalue weighted by Crippen LogP contribution is 2.44. The lowest BCUT2D eigenvalue weighted by Crippen LogP contribution is -2.07. The van der Waals surface area contributed by atoms with Crippen LogP contribution in [0.1, 0.15) is 0 Å². The molecule has 0 saturated carbocycles. The van der Waals surface area contributed by atoms with Crippen molar-refractivity contribution < 1.29 is 0 Å². The zero-order chi connectivity index (χ0) is 46.6. The average Bonchev–Trinajstić information content (AvgIpc) is 4.12. The Morgan fingerprint density at radius 2 is 0.620 bits per heavy atom. The van der Waals surface area contributed by atoms with Gasteiger partial charge in [-0.2, -0.15) is 9.97 Å². The van der Waals surface area contributed by atoms with Crippen molar-refractivity contribution in [2.24, 2.45) is 0 Å². The SMILES string of the molecule is C1=C(n2c3ccccc3c3ccc4c5ccccc5n(-c5ccccc5)c4c32)C=CC=CC=1n1c2ccccc2c2ccc3c4ccccc4n(-c4nc(-c5ccccc5)nc(-c5ccccc5)n4)c3c21. The van der Waals surface area contributed by atoms with Crippen molar-refractivity contribution >= 4 is 98.6 Å². The van der Waals surface area contributed by atoms with Crippen LogP contribution in [0.2, 0.25) is 0 Å². The van der Waals surface area contributed by atoms with Crippen LogP contribution in [0.15, 0.2) is 242 Å². The van der Waals surface area contributed by atoms with Crippen molar-refractivity contribution in [1.82, 2.24) is 33.2 Å². The van der Waals surface area contributed by atoms with Crippen molar-refractivity contribution in [3.8, 4) is 34.4 Å². The Bertz CT molecular complexity index is 4590. The van der Waals surface area contributed by atoms with Crippen molar-refractivity contribution in [2.75, 3.05) is 0 Å². The van der Waals surface area contributed by atoms with E-state index in [2.05, 4.69) is 224 Å². The standard InChI is InChI=1S/C64H39N7/c1-4-20-41(21-5-1)62-65-63(42-22-6-2-7-23-42)67-64(66-62)71-57-35-19-15-31-49(57)53-39-38-52-48-30-14-18-34-56(48)70(60(52)61(53)71)45-27-11-10-26-44(40-45)69-55-33-17-13-29-47(55)51-37-36-50-46-28-12-16-32-54(46)68(58(50)59(51)69)43-24-8-3-9-25-43/h1-39H. The van der Waals surface area contributed by atoms with E-state index in [1.54, 1.807) is 0 Å². The lowest BCUT2D eigenvalue weighted by atomic mass is 10.1. The second-order valence-corrected chi connectivity index (χ2v) is 18.1. The van der Waals surface area contributed by atoms with Gasteiger partial charge in [-0.25, -0.2) is 4.98 Å². The molecule has 1 aliphatic rings. The topological polar surface area (TPSA) is 58.4 Å². The molecule has 5 heterocycles. The first kappa shape index (κ1) is 39.2. The summed E-state index contributed by atoms with van der Waals surface area (Å²) in [5, 5.41) is 9.23. The second-order valence-electron chi connectivity index (χ2n) is 18.1. The van der Waals surface area contributed by atoms with E-state index in [1.165, 1.54) is 21.5 Å². The highest BCUT2D eigenvalue weighted by atomic mass is 15.2. The molecule has 14 aromatic rings. The van der Waals surface area contributed by atoms with Crippen molar-refractivity contribution in [1.29, 1.82) is 0 Å². The maximum atomic E-state index is 5.34. The molecule has 0 amide bonds. The number of hydrogen-bond acceptors (Lipinski definition) is 3. The van der Waals surface area contributed by atoms with Crippen LogP contribution >= 0.6 is 0 Å². The van der Waals surface area contributed by atoms with Gasteiger partial charge in [0.1, 0.15) is 0 Å². The largest absolute Gasteiger partial charge is 0.307 e. The highest BCUT2D eigenvalue weighted by Gasteiger charge is 2.25. The molecule has 1 aliphatic carbocycles. The van der Waals surface area contributed by atoms with Gasteiger partial charge in [-0.1, -0.05) is 194 Å². The minimum Gasteiger partial charge on any atom is -0.307 e. The lowest BCUT2D eigenvalue weighted by molar-refractivity contribution is 0.954. The summed E-state index contributed by atoms with van der Waals surface area (Å²) in [4.78, 5) is 15.8. The van der Waals surface area contributed by atoms with Crippen molar-refractivity contribution in [3.63, 3.8) is 0 Å². The number of nitrogens with zero attached hydrogens (tertiary/aromatic N) is 7. The smallest absolute Gasteiger partial charge is 0.238 e. The molecule has 7 nitrogen and oxygen atoms in total. The molecule has 330 valence electrons. The zero-order valence-corrected chi connectivity index (χ0v) is 38.1. The van der Waals surface area contributed by atoms with E-state index >= 15 is 0 Å². The second kappa shape index (κ2) is 15.4. The molecular formula is C64H39N7. The molecule has 9 aromatic carbocycles. The summed E-state index contributed by atoms with van der Waals surface area (Å²) in [6, 6.07) is 75.1. The van der Waals surface area contributed by atoms with E-state index in [0.29, 0.717) is 17.6 Å². The van der Waals surface area contributed by atoms with E-state index in [0.717, 1.165) is 93.9 Å². The van der Waals surface area contributed by atoms with Gasteiger partial charge >= 0.3 is 0 Å². The molecule has 5 aromatic heterocycles. The normalized spacial score (nSPS) is 12.9. The summed E-state index contributed by atoms with van der Waals surface area (Å²) in [6.07, 6.45) is 8.67. The van der Waals surface area contributed by atoms with E-state index < -0.39 is 0 Å². The fourth-order valence-electron chi connectivity index (χ4n) is 11.2. The van der Waals surface area contributed by atoms with Crippen LogP contribution in [0.5, 0.6) is 0 Å². The van der Waals surface area contributed by atoms with E-state index in [1.807, 2.05) is 36.4 Å². The molecule has 0 saturated heterocycles. The van der Waals surface area contributed by atoms with Gasteiger partial charge in [0.2, 0.25) is 5.95 Å². The highest BCUT2D eigenvalue weighted by molar-refractivity contribution is 6.26. The van der Waals surface area contributed by atoms with Gasteiger partial charge in [-0.05, 0) is 48.6 Å². The molecule has 0 radical (unpaired) electrons. The summed E-state index contributed by atoms with van der Waals surface area (Å²) in [7, 11) is 0. The number of allylic oxidation sites excluding steroid dienone is 5. The first-order valence-electron chi connectivity index (χ1n) is 24.0. The number of aromatic nitrogens is 7. The Balaban J connectivity index is 1.09. The number of benzene rings is 9. The summed E-state index contributed by atoms with van der Waals surface area (Å²) >= 11 is 0. The zero-order valence-electron chi connectivity index (χ0n) is 38.1. The number of fused-ring (bicyclic) bond motifs is 14. The van der Waals surface area contributed by atoms with Gasteiger partial charge in [0.25, 0.3) is 0 Å². The van der Waals surface area contributed by atoms with Gasteiger partial charge in [0.05, 0.1) is 55.5 Å². The molecule has 0 aliphatic heterocycles. The summed E-state index contributed by atoms with van der Waals surface area (Å²) in [5.41, 5.74) is 17.5. The monoisotopic (exact) mass is 905 g/mol. The molecule has 0 unspecified atom stereocenters. The maximum absolute atomic E-state index is 5.34. The quantitative estimate of drug-likeness (QED) is 0.156. The Morgan fingerprint density at radius 3 is 1.06 bits per heavy atom. The molecule has 0 N–H and O–H groups in total. The minimum atomic E-state index is 0.541. The molecule has 15 rings (SSSR count). The van der Waals surface area contributed by atoms with Gasteiger partial charge in [-0.3, -0.25) is 4.57 Å². The Morgan fingerprint density at radius 1 is 0.282 bits per heavy atom. The van der Waals surface area contributed by atoms with Crippen LogP contribution in [-0.2, 0) is 0 Å². The lowest BCUT2D eigenvalue weighted by Gasteiger charge is -2.14. The maximum Gasteiger partial charge on any atom is 0.238 e. The summed E-state index contributed by atoms with van der Waals surface area (Å²) < 4.78 is 9.51. The molecule has 0 bridgehead atoms. The molecule has 0 atom stereocenters. The Kier molecular flexibility index (Phi) is 8.48. The van der Waals surface area contributed by atoms with Crippen LogP contribution in [0, 0.1) is 0 Å². The average molecular weight is 906 g/mol. The molecule has 0 spiro atoms. The van der Waals surface area contributed by atoms with E-state index in [9.17, 15) is 0 Å². The van der Waals surface area contributed by atoms with Crippen molar-refractivity contribution in [3.05, 3.63) is 242 Å². The van der Waals surface area contributed by atoms with Crippen LogP contribution in [-0.4, -0.2) is 33.2 Å². The van der Waals surface area contributed by atoms with Crippen LogP contribution in [0.25, 0.3) is 133 Å². The fourth-order valence-corrected chi connectivity index (χ4v) is 11.2. The van der Waals surface area contributed by atoms with Gasteiger partial charge in [0, 0.05) is 59.9 Å². The summed E-state index contributed by atoms with van der Waals surface area (Å²) in [6.45, 7) is 0. The van der Waals surface area contributed by atoms with E-state index in [4.69, 9.17) is 15.0 Å². The number of rotatable bonds is 6. The first-order valence-corrected chi connectivity index (χ1v) is 24.0. The van der Waals surface area contributed by atoms with Gasteiger partial charge in [-0.15, -0.1) is 0 Å². The van der Waals surface area contributed by atoms with Gasteiger partial charge < -0.3 is 13.7 Å². The Hall–Kier alpha value is -9.81. The number of para-hydroxylation sites is 5. The number of hydrogen-bond donors (Lipinski definition) is 0. The predicted molar refractivity (Wildman–Crippen MR) is 293 cm³/mol. The minimum absolute atomic E-state index is 0.541. The van der Waals surface area contributed by atoms with Crippen LogP contribution < -0.4 is 0 Å². The molecule has 71 heavy (non-hydrogen) atoms. The third-order valence-electron chi connectivity index (χ3n) is 14.2. The van der Waals surface area contributed by atoms with Crippen molar-refractivity contribution in [2.45, 2.75) is 0 Å². The van der Waals surface area contributed by atoms with Crippen LogP contribution in [0.4, 0.5) is 0 Å². The van der Waals surface area contributed by atoms with Crippen LogP contribution in [0.3, 0.4) is 0 Å². The molecule has 7 heteroatoms. The molecule has 0 fully saturated rings. The fraction of sp³-hybridized carbons (Fsp3) is 0. The summed E-state index contributed by atoms with van der Waals surface area (Å²) in [5.74, 6) is 1.75. The molecular weight excluding hydrogens is 867 g/mol. The third-order valence-corrected chi connectivity index (χ3v) is 14.2. The van der Waals surface area contributed by atoms with E-state index in [-0.39, 0.29) is 0 Å². The predicted octanol–water partition coefficient (Wildman–Crippen LogP) is 15.7. The first-order chi connectivity index (χ1) is 35.3. The van der Waals surface area contributed by atoms with Gasteiger partial charge in [0.15, 0.2) is 11.6 Å². The third kappa shape index (κ3) is 5.82.